The zero-order chi connectivity index (χ0) is 15.7. The molecule has 2 atom stereocenters. The lowest BCUT2D eigenvalue weighted by Crippen LogP contribution is -2.59. The fourth-order valence-corrected chi connectivity index (χ4v) is 5.52. The summed E-state index contributed by atoms with van der Waals surface area (Å²) in [6, 6.07) is 9.64. The normalized spacial score (nSPS) is 28.4. The van der Waals surface area contributed by atoms with Gasteiger partial charge in [-0.1, -0.05) is 30.3 Å². The second-order valence-electron chi connectivity index (χ2n) is 6.03. The first-order chi connectivity index (χ1) is 10.4. The predicted molar refractivity (Wildman–Crippen MR) is 82.3 cm³/mol. The van der Waals surface area contributed by atoms with Gasteiger partial charge in [0.1, 0.15) is 0 Å². The number of hydrogen-bond donors (Lipinski definition) is 1. The lowest BCUT2D eigenvalue weighted by Gasteiger charge is -2.43. The highest BCUT2D eigenvalue weighted by Crippen LogP contribution is 2.28. The van der Waals surface area contributed by atoms with Crippen LogP contribution in [0.2, 0.25) is 0 Å². The molecule has 22 heavy (non-hydrogen) atoms. The van der Waals surface area contributed by atoms with Gasteiger partial charge >= 0.3 is 5.97 Å². The highest BCUT2D eigenvalue weighted by Gasteiger charge is 2.46. The lowest BCUT2D eigenvalue weighted by molar-refractivity contribution is -0.139. The zero-order valence-electron chi connectivity index (χ0n) is 12.3. The van der Waals surface area contributed by atoms with Crippen LogP contribution in [-0.2, 0) is 21.2 Å². The number of rotatable bonds is 4. The van der Waals surface area contributed by atoms with Gasteiger partial charge in [-0.3, -0.25) is 14.6 Å². The molecular formula is C15H20N2O4S. The molecule has 3 rings (SSSR count). The fourth-order valence-electron chi connectivity index (χ4n) is 3.48. The molecular weight excluding hydrogens is 304 g/mol. The largest absolute Gasteiger partial charge is 0.480 e. The van der Waals surface area contributed by atoms with Gasteiger partial charge < -0.3 is 5.11 Å². The summed E-state index contributed by atoms with van der Waals surface area (Å²) >= 11 is 0. The Bertz CT molecular complexity index is 647. The van der Waals surface area contributed by atoms with E-state index < -0.39 is 15.8 Å². The minimum Gasteiger partial charge on any atom is -0.480 e. The Morgan fingerprint density at radius 2 is 1.68 bits per heavy atom. The van der Waals surface area contributed by atoms with Crippen LogP contribution in [0.15, 0.2) is 30.3 Å². The van der Waals surface area contributed by atoms with E-state index in [4.69, 9.17) is 5.11 Å². The van der Waals surface area contributed by atoms with Crippen LogP contribution in [0, 0.1) is 0 Å². The summed E-state index contributed by atoms with van der Waals surface area (Å²) < 4.78 is 24.1. The molecule has 0 bridgehead atoms. The molecule has 0 amide bonds. The molecule has 0 aromatic heterocycles. The minimum absolute atomic E-state index is 0.0657. The first-order valence-electron chi connectivity index (χ1n) is 7.39. The Morgan fingerprint density at radius 3 is 2.32 bits per heavy atom. The van der Waals surface area contributed by atoms with Crippen molar-refractivity contribution in [2.45, 2.75) is 18.6 Å². The number of sulfone groups is 1. The van der Waals surface area contributed by atoms with Gasteiger partial charge in [-0.05, 0) is 5.56 Å². The number of carboxylic acids is 1. The second-order valence-corrected chi connectivity index (χ2v) is 8.19. The number of carboxylic acid groups (broad SMARTS) is 1. The number of piperazine rings is 1. The van der Waals surface area contributed by atoms with E-state index in [9.17, 15) is 13.2 Å². The summed E-state index contributed by atoms with van der Waals surface area (Å²) in [7, 11) is -3.10. The lowest BCUT2D eigenvalue weighted by atomic mass is 10.0. The van der Waals surface area contributed by atoms with Gasteiger partial charge in [0.25, 0.3) is 0 Å². The van der Waals surface area contributed by atoms with Crippen LogP contribution < -0.4 is 0 Å². The van der Waals surface area contributed by atoms with Crippen molar-refractivity contribution in [2.75, 3.05) is 31.1 Å². The SMILES string of the molecule is O=C(O)CN1CCN(Cc2ccccc2)[C@@H]2CS(=O)(=O)C[C@@H]21. The molecule has 0 saturated carbocycles. The maximum atomic E-state index is 12.0. The van der Waals surface area contributed by atoms with E-state index in [1.165, 1.54) is 0 Å². The summed E-state index contributed by atoms with van der Waals surface area (Å²) in [5.41, 5.74) is 1.15. The molecule has 0 spiro atoms. The van der Waals surface area contributed by atoms with Crippen LogP contribution >= 0.6 is 0 Å². The summed E-state index contributed by atoms with van der Waals surface area (Å²) in [6.07, 6.45) is 0. The maximum Gasteiger partial charge on any atom is 0.317 e. The third-order valence-corrected chi connectivity index (χ3v) is 6.17. The number of hydrogen-bond acceptors (Lipinski definition) is 5. The van der Waals surface area contributed by atoms with Crippen LogP contribution in [0.1, 0.15) is 5.56 Å². The molecule has 1 aromatic rings. The molecule has 7 heteroatoms. The Morgan fingerprint density at radius 1 is 1.09 bits per heavy atom. The molecule has 2 saturated heterocycles. The summed E-state index contributed by atoms with van der Waals surface area (Å²) in [6.45, 7) is 1.91. The van der Waals surface area contributed by atoms with E-state index in [-0.39, 0.29) is 30.1 Å². The van der Waals surface area contributed by atoms with E-state index in [0.29, 0.717) is 19.6 Å². The quantitative estimate of drug-likeness (QED) is 0.843. The topological polar surface area (TPSA) is 77.9 Å². The Balaban J connectivity index is 1.79. The third kappa shape index (κ3) is 3.31. The molecule has 6 nitrogen and oxygen atoms in total. The summed E-state index contributed by atoms with van der Waals surface area (Å²) in [4.78, 5) is 15.0. The van der Waals surface area contributed by atoms with Crippen molar-refractivity contribution in [1.29, 1.82) is 0 Å². The Hall–Kier alpha value is -1.44. The smallest absolute Gasteiger partial charge is 0.317 e. The fraction of sp³-hybridized carbons (Fsp3) is 0.533. The Labute approximate surface area is 130 Å². The number of nitrogens with zero attached hydrogens (tertiary/aromatic N) is 2. The van der Waals surface area contributed by atoms with Gasteiger partial charge in [0.15, 0.2) is 9.84 Å². The number of benzene rings is 1. The van der Waals surface area contributed by atoms with Crippen molar-refractivity contribution in [3.05, 3.63) is 35.9 Å². The number of fused-ring (bicyclic) bond motifs is 1. The highest BCUT2D eigenvalue weighted by molar-refractivity contribution is 7.91. The molecule has 1 N–H and O–H groups in total. The molecule has 2 aliphatic heterocycles. The summed E-state index contributed by atoms with van der Waals surface area (Å²) in [5, 5.41) is 9.01. The van der Waals surface area contributed by atoms with Crippen molar-refractivity contribution in [1.82, 2.24) is 9.80 Å². The molecule has 1 aromatic carbocycles. The number of aliphatic carboxylic acids is 1. The van der Waals surface area contributed by atoms with E-state index in [1.54, 1.807) is 4.90 Å². The van der Waals surface area contributed by atoms with Crippen LogP contribution in [0.4, 0.5) is 0 Å². The average molecular weight is 324 g/mol. The molecule has 2 heterocycles. The molecule has 120 valence electrons. The number of carbonyl (C=O) groups is 1. The van der Waals surface area contributed by atoms with Crippen LogP contribution in [0.25, 0.3) is 0 Å². The first kappa shape index (κ1) is 15.5. The minimum atomic E-state index is -3.10. The van der Waals surface area contributed by atoms with E-state index in [2.05, 4.69) is 4.90 Å². The van der Waals surface area contributed by atoms with Crippen molar-refractivity contribution in [3.8, 4) is 0 Å². The third-order valence-electron chi connectivity index (χ3n) is 4.47. The monoisotopic (exact) mass is 324 g/mol. The van der Waals surface area contributed by atoms with Gasteiger partial charge in [0.05, 0.1) is 18.1 Å². The van der Waals surface area contributed by atoms with Gasteiger partial charge in [0, 0.05) is 31.7 Å². The zero-order valence-corrected chi connectivity index (χ0v) is 13.1. The van der Waals surface area contributed by atoms with Crippen molar-refractivity contribution in [2.24, 2.45) is 0 Å². The first-order valence-corrected chi connectivity index (χ1v) is 9.21. The summed E-state index contributed by atoms with van der Waals surface area (Å²) in [5.74, 6) is -0.712. The molecule has 2 aliphatic rings. The molecule has 0 aliphatic carbocycles. The molecule has 0 radical (unpaired) electrons. The second kappa shape index (κ2) is 5.98. The van der Waals surface area contributed by atoms with Crippen molar-refractivity contribution < 1.29 is 18.3 Å². The standard InChI is InChI=1S/C15H20N2O4S/c18-15(19)9-17-7-6-16(8-12-4-2-1-3-5-12)13-10-22(20,21)11-14(13)17/h1-5,13-14H,6-11H2,(H,18,19)/t13-,14+/m1/s1. The van der Waals surface area contributed by atoms with Crippen LogP contribution in [0.3, 0.4) is 0 Å². The predicted octanol–water partition coefficient (Wildman–Crippen LogP) is 0.0544. The maximum absolute atomic E-state index is 12.0. The van der Waals surface area contributed by atoms with E-state index >= 15 is 0 Å². The van der Waals surface area contributed by atoms with Crippen molar-refractivity contribution >= 4 is 15.8 Å². The van der Waals surface area contributed by atoms with Gasteiger partial charge in [-0.25, -0.2) is 8.42 Å². The van der Waals surface area contributed by atoms with Crippen LogP contribution in [0.5, 0.6) is 0 Å². The van der Waals surface area contributed by atoms with Gasteiger partial charge in [-0.15, -0.1) is 0 Å². The molecule has 0 unspecified atom stereocenters. The average Bonchev–Trinajstić information content (AvgIpc) is 2.78. The van der Waals surface area contributed by atoms with Crippen molar-refractivity contribution in [3.63, 3.8) is 0 Å². The van der Waals surface area contributed by atoms with Crippen LogP contribution in [-0.4, -0.2) is 72.5 Å². The van der Waals surface area contributed by atoms with Gasteiger partial charge in [0.2, 0.25) is 0 Å². The van der Waals surface area contributed by atoms with E-state index in [0.717, 1.165) is 5.56 Å². The van der Waals surface area contributed by atoms with E-state index in [1.807, 2.05) is 30.3 Å². The highest BCUT2D eigenvalue weighted by atomic mass is 32.2. The molecule has 2 fully saturated rings. The van der Waals surface area contributed by atoms with Gasteiger partial charge in [-0.2, -0.15) is 0 Å². The Kier molecular flexibility index (Phi) is 4.20.